The Morgan fingerprint density at radius 3 is 1.80 bits per heavy atom. The number of rotatable bonds is 2. The van der Waals surface area contributed by atoms with Crippen molar-refractivity contribution in [2.75, 3.05) is 0 Å². The van der Waals surface area contributed by atoms with Crippen molar-refractivity contribution in [3.05, 3.63) is 0 Å². The van der Waals surface area contributed by atoms with Crippen LogP contribution in [0.1, 0.15) is 20.3 Å². The van der Waals surface area contributed by atoms with Crippen LogP contribution in [-0.4, -0.2) is 11.8 Å². The molecule has 63 valence electrons. The van der Waals surface area contributed by atoms with Crippen LogP contribution < -0.4 is 5.11 Å². The number of carbonyl (C=O) groups excluding carboxylic acids is 2. The fourth-order valence-corrected chi connectivity index (χ4v) is 0.203. The molecule has 0 heterocycles. The van der Waals surface area contributed by atoms with Crippen LogP contribution >= 0.6 is 0 Å². The molecule has 0 aliphatic carbocycles. The van der Waals surface area contributed by atoms with Gasteiger partial charge in [-0.3, -0.25) is 4.79 Å². The number of carboxylic acids is 1. The van der Waals surface area contributed by atoms with Crippen molar-refractivity contribution in [1.29, 1.82) is 0 Å². The first-order valence-electron chi connectivity index (χ1n) is 2.74. The van der Waals surface area contributed by atoms with Gasteiger partial charge in [0, 0.05) is 12.4 Å². The molecule has 0 atom stereocenters. The van der Waals surface area contributed by atoms with Crippen molar-refractivity contribution in [3.63, 3.8) is 0 Å². The SMILES string of the molecule is CC(=O)CC(=O)[O-].C[CH2][Cu+]. The molecule has 0 amide bonds. The van der Waals surface area contributed by atoms with Crippen LogP contribution in [0.3, 0.4) is 0 Å². The number of ketones is 1. The van der Waals surface area contributed by atoms with Gasteiger partial charge < -0.3 is 9.90 Å². The molecular formula is C6H10CuO3. The van der Waals surface area contributed by atoms with Crippen LogP contribution in [0.25, 0.3) is 0 Å². The van der Waals surface area contributed by atoms with E-state index in [1.165, 1.54) is 6.92 Å². The summed E-state index contributed by atoms with van der Waals surface area (Å²) in [6, 6.07) is 0. The maximum atomic E-state index is 9.83. The molecule has 0 aliphatic heterocycles. The summed E-state index contributed by atoms with van der Waals surface area (Å²) in [5.74, 6) is -1.69. The molecule has 3 nitrogen and oxygen atoms in total. The molecule has 0 aromatic heterocycles. The van der Waals surface area contributed by atoms with Crippen molar-refractivity contribution in [2.24, 2.45) is 0 Å². The quantitative estimate of drug-likeness (QED) is 0.447. The summed E-state index contributed by atoms with van der Waals surface area (Å²) < 4.78 is 0. The normalized spacial score (nSPS) is 7.60. The number of aliphatic carboxylic acids is 1. The topological polar surface area (TPSA) is 57.2 Å². The number of carboxylic acid groups (broad SMARTS) is 1. The van der Waals surface area contributed by atoms with Gasteiger partial charge in [-0.05, 0) is 6.92 Å². The molecular weight excluding hydrogens is 184 g/mol. The Labute approximate surface area is 68.6 Å². The van der Waals surface area contributed by atoms with E-state index in [0.29, 0.717) is 0 Å². The van der Waals surface area contributed by atoms with Gasteiger partial charge in [0.2, 0.25) is 0 Å². The minimum absolute atomic E-state index is 0.375. The van der Waals surface area contributed by atoms with E-state index < -0.39 is 12.4 Å². The van der Waals surface area contributed by atoms with Crippen molar-refractivity contribution in [2.45, 2.75) is 25.6 Å². The summed E-state index contributed by atoms with van der Waals surface area (Å²) in [4.78, 5) is 19.3. The monoisotopic (exact) mass is 193 g/mol. The summed E-state index contributed by atoms with van der Waals surface area (Å²) in [5.41, 5.74) is 0. The Hall–Kier alpha value is -0.341. The molecule has 4 heteroatoms. The second-order valence-electron chi connectivity index (χ2n) is 1.46. The molecule has 0 saturated carbocycles. The van der Waals surface area contributed by atoms with Crippen molar-refractivity contribution in [1.82, 2.24) is 0 Å². The second-order valence-corrected chi connectivity index (χ2v) is 2.13. The van der Waals surface area contributed by atoms with Crippen LogP contribution in [-0.2, 0) is 25.6 Å². The summed E-state index contributed by atoms with van der Waals surface area (Å²) in [6.45, 7) is 3.13. The summed E-state index contributed by atoms with van der Waals surface area (Å²) in [5, 5.41) is 10.3. The van der Waals surface area contributed by atoms with Crippen LogP contribution in [0.15, 0.2) is 0 Å². The third-order valence-corrected chi connectivity index (χ3v) is 0.393. The summed E-state index contributed by atoms with van der Waals surface area (Å²) in [7, 11) is 0. The summed E-state index contributed by atoms with van der Waals surface area (Å²) in [6.07, 6.45) is -0.472. The number of hydrogen-bond donors (Lipinski definition) is 0. The molecule has 0 spiro atoms. The van der Waals surface area contributed by atoms with E-state index in [4.69, 9.17) is 0 Å². The Morgan fingerprint density at radius 2 is 1.80 bits per heavy atom. The molecule has 0 aromatic carbocycles. The molecule has 10 heavy (non-hydrogen) atoms. The van der Waals surface area contributed by atoms with Gasteiger partial charge in [-0.15, -0.1) is 0 Å². The Bertz CT molecular complexity index is 99.6. The zero-order valence-corrected chi connectivity index (χ0v) is 6.88. The van der Waals surface area contributed by atoms with E-state index >= 15 is 0 Å². The van der Waals surface area contributed by atoms with Crippen LogP contribution in [0.5, 0.6) is 0 Å². The van der Waals surface area contributed by atoms with Gasteiger partial charge in [-0.1, -0.05) is 0 Å². The van der Waals surface area contributed by atoms with Gasteiger partial charge in [0.05, 0.1) is 0 Å². The average Bonchev–Trinajstić information content (AvgIpc) is 1.62. The van der Waals surface area contributed by atoms with Gasteiger partial charge in [0.1, 0.15) is 5.78 Å². The van der Waals surface area contributed by atoms with Crippen molar-refractivity contribution < 1.29 is 30.7 Å². The Morgan fingerprint density at radius 1 is 1.50 bits per heavy atom. The van der Waals surface area contributed by atoms with Crippen molar-refractivity contribution in [3.8, 4) is 0 Å². The van der Waals surface area contributed by atoms with Gasteiger partial charge in [0.15, 0.2) is 0 Å². The molecule has 0 fully saturated rings. The van der Waals surface area contributed by atoms with Gasteiger partial charge in [-0.2, -0.15) is 0 Å². The van der Waals surface area contributed by atoms with Gasteiger partial charge in [-0.25, -0.2) is 0 Å². The average molecular weight is 194 g/mol. The first kappa shape index (κ1) is 12.3. The predicted molar refractivity (Wildman–Crippen MR) is 30.8 cm³/mol. The Balaban J connectivity index is 0. The van der Waals surface area contributed by atoms with Gasteiger partial charge >= 0.3 is 28.3 Å². The van der Waals surface area contributed by atoms with E-state index in [1.807, 2.05) is 6.92 Å². The fourth-order valence-electron chi connectivity index (χ4n) is 0.203. The first-order valence-corrected chi connectivity index (χ1v) is 3.41. The molecule has 0 unspecified atom stereocenters. The maximum absolute atomic E-state index is 9.83. The molecule has 0 saturated heterocycles. The summed E-state index contributed by atoms with van der Waals surface area (Å²) >= 11 is 4.51. The molecule has 0 bridgehead atoms. The fraction of sp³-hybridized carbons (Fsp3) is 0.667. The van der Waals surface area contributed by atoms with Crippen LogP contribution in [0.4, 0.5) is 0 Å². The van der Waals surface area contributed by atoms with Crippen molar-refractivity contribution >= 4 is 11.8 Å². The van der Waals surface area contributed by atoms with E-state index in [9.17, 15) is 14.7 Å². The first-order chi connectivity index (χ1) is 4.54. The number of hydrogen-bond acceptors (Lipinski definition) is 3. The van der Waals surface area contributed by atoms with E-state index in [-0.39, 0.29) is 5.78 Å². The van der Waals surface area contributed by atoms with Gasteiger partial charge in [0.25, 0.3) is 0 Å². The molecule has 0 aromatic rings. The molecule has 0 radical (unpaired) electrons. The molecule has 0 N–H and O–H groups in total. The zero-order valence-electron chi connectivity index (χ0n) is 5.94. The van der Waals surface area contributed by atoms with Crippen LogP contribution in [0, 0.1) is 0 Å². The third kappa shape index (κ3) is 25.4. The predicted octanol–water partition coefficient (Wildman–Crippen LogP) is -0.313. The number of Topliss-reactive ketones (excluding diaryl/α,β-unsaturated/α-hetero) is 1. The third-order valence-electron chi connectivity index (χ3n) is 0.393. The van der Waals surface area contributed by atoms with E-state index in [0.717, 1.165) is 5.32 Å². The number of carbonyl (C=O) groups is 2. The zero-order chi connectivity index (χ0) is 8.57. The van der Waals surface area contributed by atoms with E-state index in [2.05, 4.69) is 16.0 Å². The standard InChI is InChI=1S/C4H6O3.C2H5.Cu/c1-3(5)2-4(6)7;1-2;/h2H2,1H3,(H,6,7);1H2,2H3;/q;;+1/p-1. The second kappa shape index (κ2) is 8.66. The minimum atomic E-state index is -1.31. The molecule has 0 rings (SSSR count). The van der Waals surface area contributed by atoms with E-state index in [1.54, 1.807) is 0 Å². The molecule has 0 aliphatic rings. The Kier molecular flexibility index (Phi) is 10.7. The van der Waals surface area contributed by atoms with Crippen LogP contribution in [0.2, 0.25) is 5.32 Å².